The van der Waals surface area contributed by atoms with Crippen molar-refractivity contribution in [1.29, 1.82) is 0 Å². The van der Waals surface area contributed by atoms with Gasteiger partial charge in [0.15, 0.2) is 0 Å². The van der Waals surface area contributed by atoms with Crippen LogP contribution in [0.15, 0.2) is 24.3 Å². The van der Waals surface area contributed by atoms with Gasteiger partial charge in [0.1, 0.15) is 5.69 Å². The van der Waals surface area contributed by atoms with Crippen LogP contribution in [0.25, 0.3) is 0 Å². The molecule has 1 aromatic heterocycles. The average molecular weight is 220 g/mol. The van der Waals surface area contributed by atoms with E-state index in [1.807, 2.05) is 19.9 Å². The maximum absolute atomic E-state index is 11.2. The van der Waals surface area contributed by atoms with Crippen LogP contribution in [0.1, 0.15) is 23.1 Å². The second kappa shape index (κ2) is 5.30. The van der Waals surface area contributed by atoms with E-state index in [4.69, 9.17) is 0 Å². The molecule has 4 nitrogen and oxygen atoms in total. The molecular weight excluding hydrogens is 204 g/mol. The van der Waals surface area contributed by atoms with Crippen LogP contribution in [0.4, 0.5) is 5.69 Å². The molecule has 1 rings (SSSR count). The highest BCUT2D eigenvalue weighted by atomic mass is 16.5. The first-order valence-electron chi connectivity index (χ1n) is 4.99. The van der Waals surface area contributed by atoms with Crippen LogP contribution < -0.4 is 5.32 Å². The Morgan fingerprint density at radius 3 is 2.75 bits per heavy atom. The van der Waals surface area contributed by atoms with Gasteiger partial charge in [-0.25, -0.2) is 9.78 Å². The molecule has 0 spiro atoms. The van der Waals surface area contributed by atoms with E-state index in [0.29, 0.717) is 12.2 Å². The minimum atomic E-state index is -0.422. The fraction of sp³-hybridized carbons (Fsp3) is 0.333. The Bertz CT molecular complexity index is 413. The minimum Gasteiger partial charge on any atom is -0.464 e. The average Bonchev–Trinajstić information content (AvgIpc) is 2.26. The molecule has 1 heterocycles. The number of anilines is 1. The molecule has 0 aromatic carbocycles. The number of hydrogen-bond donors (Lipinski definition) is 1. The summed E-state index contributed by atoms with van der Waals surface area (Å²) in [5.41, 5.74) is 3.03. The summed E-state index contributed by atoms with van der Waals surface area (Å²) in [6, 6.07) is 3.46. The highest BCUT2D eigenvalue weighted by Crippen LogP contribution is 2.13. The van der Waals surface area contributed by atoms with Gasteiger partial charge in [0, 0.05) is 6.54 Å². The number of methoxy groups -OCH3 is 1. The van der Waals surface area contributed by atoms with Crippen LogP contribution in [-0.4, -0.2) is 24.6 Å². The molecular formula is C12H16N2O2. The van der Waals surface area contributed by atoms with Crippen LogP contribution in [-0.2, 0) is 4.74 Å². The highest BCUT2D eigenvalue weighted by Gasteiger charge is 2.08. The van der Waals surface area contributed by atoms with Gasteiger partial charge in [-0.3, -0.25) is 0 Å². The number of aryl methyl sites for hydroxylation is 1. The molecule has 0 saturated heterocycles. The summed E-state index contributed by atoms with van der Waals surface area (Å²) in [5, 5.41) is 3.18. The Hall–Kier alpha value is -1.84. The highest BCUT2D eigenvalue weighted by molar-refractivity contribution is 5.87. The number of nitrogens with one attached hydrogen (secondary N) is 1. The van der Waals surface area contributed by atoms with Gasteiger partial charge >= 0.3 is 5.97 Å². The Morgan fingerprint density at radius 1 is 1.56 bits per heavy atom. The number of esters is 1. The Morgan fingerprint density at radius 2 is 2.25 bits per heavy atom. The second-order valence-corrected chi connectivity index (χ2v) is 3.63. The Balaban J connectivity index is 2.83. The molecule has 0 amide bonds. The van der Waals surface area contributed by atoms with Crippen molar-refractivity contribution in [3.63, 3.8) is 0 Å². The fourth-order valence-electron chi connectivity index (χ4n) is 1.21. The number of rotatable bonds is 4. The smallest absolute Gasteiger partial charge is 0.356 e. The largest absolute Gasteiger partial charge is 0.464 e. The van der Waals surface area contributed by atoms with E-state index >= 15 is 0 Å². The maximum atomic E-state index is 11.2. The van der Waals surface area contributed by atoms with Crippen LogP contribution >= 0.6 is 0 Å². The number of carbonyl (C=O) groups excluding carboxylic acids is 1. The minimum absolute atomic E-state index is 0.320. The molecule has 0 atom stereocenters. The van der Waals surface area contributed by atoms with Gasteiger partial charge in [0.2, 0.25) is 0 Å². The van der Waals surface area contributed by atoms with Crippen LogP contribution in [0, 0.1) is 6.92 Å². The number of nitrogens with zero attached hydrogens (tertiary/aromatic N) is 1. The topological polar surface area (TPSA) is 51.2 Å². The molecule has 0 aliphatic rings. The molecule has 4 heteroatoms. The Labute approximate surface area is 95.3 Å². The maximum Gasteiger partial charge on any atom is 0.356 e. The van der Waals surface area contributed by atoms with E-state index < -0.39 is 5.97 Å². The Kier molecular flexibility index (Phi) is 4.05. The SMILES string of the molecule is C=C(C)CNc1ccc(C(=O)OC)nc1C. The molecule has 86 valence electrons. The van der Waals surface area contributed by atoms with E-state index in [-0.39, 0.29) is 0 Å². The number of hydrogen-bond acceptors (Lipinski definition) is 4. The third kappa shape index (κ3) is 3.08. The lowest BCUT2D eigenvalue weighted by molar-refractivity contribution is 0.0594. The summed E-state index contributed by atoms with van der Waals surface area (Å²) < 4.78 is 4.59. The van der Waals surface area contributed by atoms with Crippen LogP contribution in [0.3, 0.4) is 0 Å². The molecule has 0 radical (unpaired) electrons. The van der Waals surface area contributed by atoms with Crippen LogP contribution in [0.5, 0.6) is 0 Å². The summed E-state index contributed by atoms with van der Waals surface area (Å²) in [4.78, 5) is 15.4. The zero-order chi connectivity index (χ0) is 12.1. The first kappa shape index (κ1) is 12.2. The summed E-state index contributed by atoms with van der Waals surface area (Å²) in [6.07, 6.45) is 0. The molecule has 0 aliphatic carbocycles. The van der Waals surface area contributed by atoms with E-state index in [1.165, 1.54) is 7.11 Å². The van der Waals surface area contributed by atoms with Crippen molar-refractivity contribution < 1.29 is 9.53 Å². The van der Waals surface area contributed by atoms with E-state index in [1.54, 1.807) is 6.07 Å². The van der Waals surface area contributed by atoms with Crippen molar-refractivity contribution in [3.8, 4) is 0 Å². The number of aromatic nitrogens is 1. The third-order valence-electron chi connectivity index (χ3n) is 2.06. The van der Waals surface area contributed by atoms with E-state index in [0.717, 1.165) is 17.0 Å². The van der Waals surface area contributed by atoms with E-state index in [9.17, 15) is 4.79 Å². The summed E-state index contributed by atoms with van der Waals surface area (Å²) in [5.74, 6) is -0.422. The van der Waals surface area contributed by atoms with Gasteiger partial charge < -0.3 is 10.1 Å². The van der Waals surface area contributed by atoms with Crippen LogP contribution in [0.2, 0.25) is 0 Å². The molecule has 0 bridgehead atoms. The van der Waals surface area contributed by atoms with Crippen molar-refractivity contribution in [2.24, 2.45) is 0 Å². The predicted molar refractivity (Wildman–Crippen MR) is 63.6 cm³/mol. The summed E-state index contributed by atoms with van der Waals surface area (Å²) in [6.45, 7) is 8.28. The molecule has 16 heavy (non-hydrogen) atoms. The zero-order valence-corrected chi connectivity index (χ0v) is 9.83. The molecule has 0 fully saturated rings. The van der Waals surface area contributed by atoms with Crippen molar-refractivity contribution in [3.05, 3.63) is 35.7 Å². The predicted octanol–water partition coefficient (Wildman–Crippen LogP) is 2.16. The van der Waals surface area contributed by atoms with Gasteiger partial charge in [-0.1, -0.05) is 12.2 Å². The van der Waals surface area contributed by atoms with Crippen molar-refractivity contribution in [2.75, 3.05) is 19.0 Å². The van der Waals surface area contributed by atoms with Crippen molar-refractivity contribution in [2.45, 2.75) is 13.8 Å². The zero-order valence-electron chi connectivity index (χ0n) is 9.83. The molecule has 0 saturated carbocycles. The quantitative estimate of drug-likeness (QED) is 0.624. The van der Waals surface area contributed by atoms with Gasteiger partial charge in [0.25, 0.3) is 0 Å². The molecule has 0 aliphatic heterocycles. The van der Waals surface area contributed by atoms with Crippen molar-refractivity contribution in [1.82, 2.24) is 4.98 Å². The van der Waals surface area contributed by atoms with Crippen molar-refractivity contribution >= 4 is 11.7 Å². The van der Waals surface area contributed by atoms with Gasteiger partial charge in [-0.15, -0.1) is 0 Å². The monoisotopic (exact) mass is 220 g/mol. The van der Waals surface area contributed by atoms with Gasteiger partial charge in [-0.05, 0) is 26.0 Å². The molecule has 1 N–H and O–H groups in total. The van der Waals surface area contributed by atoms with E-state index in [2.05, 4.69) is 21.6 Å². The first-order chi connectivity index (χ1) is 7.54. The fourth-order valence-corrected chi connectivity index (χ4v) is 1.21. The standard InChI is InChI=1S/C12H16N2O2/c1-8(2)7-13-10-5-6-11(12(15)16-4)14-9(10)3/h5-6,13H,1,7H2,2-4H3. The molecule has 1 aromatic rings. The van der Waals surface area contributed by atoms with Gasteiger partial charge in [0.05, 0.1) is 18.5 Å². The first-order valence-corrected chi connectivity index (χ1v) is 4.99. The number of carbonyl (C=O) groups is 1. The lowest BCUT2D eigenvalue weighted by Crippen LogP contribution is -2.08. The second-order valence-electron chi connectivity index (χ2n) is 3.63. The van der Waals surface area contributed by atoms with Gasteiger partial charge in [-0.2, -0.15) is 0 Å². The number of pyridine rings is 1. The molecule has 0 unspecified atom stereocenters. The summed E-state index contributed by atoms with van der Waals surface area (Å²) >= 11 is 0. The third-order valence-corrected chi connectivity index (χ3v) is 2.06. The normalized spacial score (nSPS) is 9.69. The summed E-state index contributed by atoms with van der Waals surface area (Å²) in [7, 11) is 1.34. The lowest BCUT2D eigenvalue weighted by atomic mass is 10.2. The lowest BCUT2D eigenvalue weighted by Gasteiger charge is -2.09. The number of ether oxygens (including phenoxy) is 1.